The van der Waals surface area contributed by atoms with Gasteiger partial charge < -0.3 is 10.6 Å². The largest absolute Gasteiger partial charge is 0.326 e. The number of hydrogen-bond acceptors (Lipinski definition) is 2. The standard InChI is InChI=1S/C19H32N2/c1-14-8-9-16(3)17(11-14)12-18(20)19(21(4)5)10-6-7-15(2)13-19/h8-9,11,15,18H,6-7,10,12-13,20H2,1-5H3. The highest BCUT2D eigenvalue weighted by Gasteiger charge is 2.41. The summed E-state index contributed by atoms with van der Waals surface area (Å²) >= 11 is 0. The minimum absolute atomic E-state index is 0.161. The van der Waals surface area contributed by atoms with Crippen molar-refractivity contribution in [2.24, 2.45) is 11.7 Å². The molecule has 0 bridgehead atoms. The molecule has 0 aliphatic heterocycles. The quantitative estimate of drug-likeness (QED) is 0.915. The molecule has 1 aliphatic rings. The molecule has 2 heteroatoms. The topological polar surface area (TPSA) is 29.3 Å². The van der Waals surface area contributed by atoms with E-state index in [0.29, 0.717) is 0 Å². The first-order valence-corrected chi connectivity index (χ1v) is 8.34. The van der Waals surface area contributed by atoms with Crippen molar-refractivity contribution < 1.29 is 0 Å². The van der Waals surface area contributed by atoms with Gasteiger partial charge in [-0.15, -0.1) is 0 Å². The van der Waals surface area contributed by atoms with E-state index < -0.39 is 0 Å². The number of benzene rings is 1. The lowest BCUT2D eigenvalue weighted by Gasteiger charge is -2.49. The van der Waals surface area contributed by atoms with Crippen LogP contribution in [0.4, 0.5) is 0 Å². The van der Waals surface area contributed by atoms with Crippen LogP contribution in [0.15, 0.2) is 18.2 Å². The molecule has 2 N–H and O–H groups in total. The second kappa shape index (κ2) is 6.50. The Morgan fingerprint density at radius 3 is 2.67 bits per heavy atom. The van der Waals surface area contributed by atoms with Crippen molar-refractivity contribution in [3.63, 3.8) is 0 Å². The molecule has 1 aromatic carbocycles. The van der Waals surface area contributed by atoms with Crippen LogP contribution in [0, 0.1) is 19.8 Å². The third kappa shape index (κ3) is 3.49. The van der Waals surface area contributed by atoms with Gasteiger partial charge in [0.15, 0.2) is 0 Å². The average molecular weight is 288 g/mol. The minimum Gasteiger partial charge on any atom is -0.326 e. The predicted molar refractivity (Wildman–Crippen MR) is 91.6 cm³/mol. The molecule has 0 spiro atoms. The molecule has 3 atom stereocenters. The summed E-state index contributed by atoms with van der Waals surface area (Å²) in [7, 11) is 4.42. The predicted octanol–water partition coefficient (Wildman–Crippen LogP) is 3.68. The second-order valence-electron chi connectivity index (χ2n) is 7.44. The zero-order valence-electron chi connectivity index (χ0n) is 14.4. The van der Waals surface area contributed by atoms with Crippen molar-refractivity contribution in [2.75, 3.05) is 14.1 Å². The fraction of sp³-hybridized carbons (Fsp3) is 0.684. The van der Waals surface area contributed by atoms with Crippen LogP contribution in [0.3, 0.4) is 0 Å². The monoisotopic (exact) mass is 288 g/mol. The maximum Gasteiger partial charge on any atom is 0.0360 e. The summed E-state index contributed by atoms with van der Waals surface area (Å²) in [6, 6.07) is 6.93. The van der Waals surface area contributed by atoms with Crippen LogP contribution in [0.1, 0.15) is 49.3 Å². The number of nitrogens with zero attached hydrogens (tertiary/aromatic N) is 1. The van der Waals surface area contributed by atoms with E-state index in [1.165, 1.54) is 42.4 Å². The maximum atomic E-state index is 6.76. The Bertz CT molecular complexity index is 480. The van der Waals surface area contributed by atoms with Gasteiger partial charge in [0.2, 0.25) is 0 Å². The molecule has 118 valence electrons. The van der Waals surface area contributed by atoms with Crippen molar-refractivity contribution in [3.8, 4) is 0 Å². The molecule has 1 aromatic rings. The SMILES string of the molecule is Cc1ccc(C)c(CC(N)C2(N(C)C)CCCC(C)C2)c1. The first-order valence-electron chi connectivity index (χ1n) is 8.34. The second-order valence-corrected chi connectivity index (χ2v) is 7.44. The van der Waals surface area contributed by atoms with Crippen LogP contribution < -0.4 is 5.73 Å². The van der Waals surface area contributed by atoms with Gasteiger partial charge in [-0.3, -0.25) is 0 Å². The van der Waals surface area contributed by atoms with E-state index in [2.05, 4.69) is 58.0 Å². The number of likely N-dealkylation sites (N-methyl/N-ethyl adjacent to an activating group) is 1. The highest BCUT2D eigenvalue weighted by molar-refractivity contribution is 5.31. The number of aryl methyl sites for hydroxylation is 2. The fourth-order valence-electron chi connectivity index (χ4n) is 4.09. The average Bonchev–Trinajstić information content (AvgIpc) is 2.42. The van der Waals surface area contributed by atoms with E-state index >= 15 is 0 Å². The van der Waals surface area contributed by atoms with Crippen LogP contribution in [0.25, 0.3) is 0 Å². The van der Waals surface area contributed by atoms with Gasteiger partial charge in [0, 0.05) is 11.6 Å². The maximum absolute atomic E-state index is 6.76. The molecule has 1 saturated carbocycles. The first-order chi connectivity index (χ1) is 9.85. The molecule has 0 heterocycles. The summed E-state index contributed by atoms with van der Waals surface area (Å²) < 4.78 is 0. The van der Waals surface area contributed by atoms with Crippen molar-refractivity contribution >= 4 is 0 Å². The highest BCUT2D eigenvalue weighted by Crippen LogP contribution is 2.38. The lowest BCUT2D eigenvalue weighted by Crippen LogP contribution is -2.60. The zero-order chi connectivity index (χ0) is 15.6. The Labute approximate surface area is 130 Å². The van der Waals surface area contributed by atoms with Gasteiger partial charge in [0.1, 0.15) is 0 Å². The van der Waals surface area contributed by atoms with Crippen LogP contribution in [0.5, 0.6) is 0 Å². The fourth-order valence-corrected chi connectivity index (χ4v) is 4.09. The Kier molecular flexibility index (Phi) is 5.11. The van der Waals surface area contributed by atoms with E-state index in [-0.39, 0.29) is 11.6 Å². The van der Waals surface area contributed by atoms with E-state index in [4.69, 9.17) is 5.73 Å². The normalized spacial score (nSPS) is 27.9. The van der Waals surface area contributed by atoms with Gasteiger partial charge in [-0.1, -0.05) is 43.5 Å². The van der Waals surface area contributed by atoms with Crippen LogP contribution >= 0.6 is 0 Å². The molecule has 1 fully saturated rings. The van der Waals surface area contributed by atoms with Crippen LogP contribution in [0.2, 0.25) is 0 Å². The van der Waals surface area contributed by atoms with Crippen molar-refractivity contribution in [1.82, 2.24) is 4.90 Å². The Hall–Kier alpha value is -0.860. The smallest absolute Gasteiger partial charge is 0.0360 e. The Balaban J connectivity index is 2.23. The molecule has 0 saturated heterocycles. The van der Waals surface area contributed by atoms with E-state index in [1.54, 1.807) is 0 Å². The summed E-state index contributed by atoms with van der Waals surface area (Å²) in [5, 5.41) is 0. The van der Waals surface area contributed by atoms with Gasteiger partial charge in [-0.2, -0.15) is 0 Å². The summed E-state index contributed by atoms with van der Waals surface area (Å²) in [6.07, 6.45) is 6.10. The number of hydrogen-bond donors (Lipinski definition) is 1. The third-order valence-corrected chi connectivity index (χ3v) is 5.53. The molecule has 0 amide bonds. The van der Waals surface area contributed by atoms with Gasteiger partial charge in [-0.25, -0.2) is 0 Å². The Morgan fingerprint density at radius 1 is 1.33 bits per heavy atom. The zero-order valence-corrected chi connectivity index (χ0v) is 14.4. The third-order valence-electron chi connectivity index (χ3n) is 5.53. The van der Waals surface area contributed by atoms with Crippen LogP contribution in [-0.2, 0) is 6.42 Å². The number of rotatable bonds is 4. The highest BCUT2D eigenvalue weighted by atomic mass is 15.2. The van der Waals surface area contributed by atoms with E-state index in [1.807, 2.05) is 0 Å². The first kappa shape index (κ1) is 16.5. The lowest BCUT2D eigenvalue weighted by molar-refractivity contribution is 0.0503. The van der Waals surface area contributed by atoms with E-state index in [9.17, 15) is 0 Å². The molecule has 2 rings (SSSR count). The van der Waals surface area contributed by atoms with E-state index in [0.717, 1.165) is 12.3 Å². The molecule has 3 unspecified atom stereocenters. The molecule has 0 aromatic heterocycles. The summed E-state index contributed by atoms with van der Waals surface area (Å²) in [5.74, 6) is 0.783. The molecular formula is C19H32N2. The summed E-state index contributed by atoms with van der Waals surface area (Å²) in [6.45, 7) is 6.74. The lowest BCUT2D eigenvalue weighted by atomic mass is 9.70. The Morgan fingerprint density at radius 2 is 2.05 bits per heavy atom. The van der Waals surface area contributed by atoms with Crippen molar-refractivity contribution in [3.05, 3.63) is 34.9 Å². The summed E-state index contributed by atoms with van der Waals surface area (Å²) in [5.41, 5.74) is 11.0. The molecule has 21 heavy (non-hydrogen) atoms. The molecule has 1 aliphatic carbocycles. The van der Waals surface area contributed by atoms with Gasteiger partial charge >= 0.3 is 0 Å². The van der Waals surface area contributed by atoms with Crippen molar-refractivity contribution in [2.45, 2.75) is 64.5 Å². The molecule has 0 radical (unpaired) electrons. The molecular weight excluding hydrogens is 256 g/mol. The minimum atomic E-state index is 0.161. The van der Waals surface area contributed by atoms with Gasteiger partial charge in [0.25, 0.3) is 0 Å². The molecule has 2 nitrogen and oxygen atoms in total. The van der Waals surface area contributed by atoms with Crippen molar-refractivity contribution in [1.29, 1.82) is 0 Å². The number of nitrogens with two attached hydrogens (primary N) is 1. The van der Waals surface area contributed by atoms with Gasteiger partial charge in [-0.05, 0) is 64.3 Å². The summed E-state index contributed by atoms with van der Waals surface area (Å²) in [4.78, 5) is 2.40. The van der Waals surface area contributed by atoms with Crippen LogP contribution in [-0.4, -0.2) is 30.6 Å². The van der Waals surface area contributed by atoms with Gasteiger partial charge in [0.05, 0.1) is 0 Å².